The van der Waals surface area contributed by atoms with Gasteiger partial charge in [0.15, 0.2) is 0 Å². The van der Waals surface area contributed by atoms with Crippen molar-refractivity contribution < 1.29 is 9.90 Å². The van der Waals surface area contributed by atoms with Crippen LogP contribution < -0.4 is 5.32 Å². The van der Waals surface area contributed by atoms with Gasteiger partial charge in [-0.15, -0.1) is 0 Å². The number of rotatable bonds is 8. The van der Waals surface area contributed by atoms with Crippen LogP contribution in [0.25, 0.3) is 0 Å². The fourth-order valence-electron chi connectivity index (χ4n) is 1.82. The molecule has 5 nitrogen and oxygen atoms in total. The van der Waals surface area contributed by atoms with E-state index in [2.05, 4.69) is 24.1 Å². The minimum absolute atomic E-state index is 0.0927. The molecule has 0 spiro atoms. The van der Waals surface area contributed by atoms with Gasteiger partial charge in [-0.3, -0.25) is 4.79 Å². The summed E-state index contributed by atoms with van der Waals surface area (Å²) in [4.78, 5) is 15.0. The molecule has 1 atom stereocenters. The van der Waals surface area contributed by atoms with Crippen LogP contribution in [-0.2, 0) is 11.3 Å². The Kier molecular flexibility index (Phi) is 5.69. The molecule has 5 heteroatoms. The van der Waals surface area contributed by atoms with Crippen molar-refractivity contribution >= 4 is 5.97 Å². The highest BCUT2D eigenvalue weighted by atomic mass is 16.4. The molecule has 0 fully saturated rings. The fourth-order valence-corrected chi connectivity index (χ4v) is 1.82. The first kappa shape index (κ1) is 13.7. The minimum Gasteiger partial charge on any atom is -0.481 e. The van der Waals surface area contributed by atoms with Gasteiger partial charge >= 0.3 is 5.97 Å². The smallest absolute Gasteiger partial charge is 0.305 e. The summed E-state index contributed by atoms with van der Waals surface area (Å²) in [6.07, 6.45) is 5.61. The molecule has 1 rings (SSSR count). The molecule has 1 unspecified atom stereocenters. The largest absolute Gasteiger partial charge is 0.481 e. The number of hydrogen-bond donors (Lipinski definition) is 2. The summed E-state index contributed by atoms with van der Waals surface area (Å²) < 4.78 is 2.02. The van der Waals surface area contributed by atoms with Crippen LogP contribution in [0.3, 0.4) is 0 Å². The fraction of sp³-hybridized carbons (Fsp3) is 0.667. The zero-order chi connectivity index (χ0) is 12.7. The Balaban J connectivity index is 2.78. The van der Waals surface area contributed by atoms with Gasteiger partial charge in [0.2, 0.25) is 0 Å². The molecule has 0 saturated carbocycles. The van der Waals surface area contributed by atoms with E-state index in [1.54, 1.807) is 12.5 Å². The monoisotopic (exact) mass is 239 g/mol. The van der Waals surface area contributed by atoms with Crippen LogP contribution in [-0.4, -0.2) is 27.2 Å². The Morgan fingerprint density at radius 2 is 2.29 bits per heavy atom. The molecule has 0 radical (unpaired) electrons. The van der Waals surface area contributed by atoms with E-state index in [0.717, 1.165) is 31.6 Å². The summed E-state index contributed by atoms with van der Waals surface area (Å²) in [5.41, 5.74) is 0.961. The second-order valence-electron chi connectivity index (χ2n) is 4.12. The van der Waals surface area contributed by atoms with Gasteiger partial charge in [-0.2, -0.15) is 0 Å². The van der Waals surface area contributed by atoms with E-state index in [4.69, 9.17) is 5.11 Å². The van der Waals surface area contributed by atoms with Crippen LogP contribution in [0, 0.1) is 0 Å². The number of carboxylic acid groups (broad SMARTS) is 1. The van der Waals surface area contributed by atoms with E-state index in [-0.39, 0.29) is 12.5 Å². The van der Waals surface area contributed by atoms with Gasteiger partial charge < -0.3 is 15.0 Å². The normalized spacial score (nSPS) is 12.6. The molecule has 0 amide bonds. The molecular formula is C12H21N3O2. The highest BCUT2D eigenvalue weighted by molar-refractivity contribution is 5.67. The molecule has 2 N–H and O–H groups in total. The molecule has 1 aromatic heterocycles. The molecule has 0 aromatic carbocycles. The van der Waals surface area contributed by atoms with E-state index >= 15 is 0 Å². The molecule has 17 heavy (non-hydrogen) atoms. The molecule has 0 aliphatic rings. The standard InChI is InChI=1S/C12H21N3O2/c1-3-5-14-10(7-12(16)17)11-8-13-9-15(11)6-4-2/h8-10,14H,3-7H2,1-2H3,(H,16,17). The van der Waals surface area contributed by atoms with Gasteiger partial charge in [0.05, 0.1) is 24.5 Å². The number of hydrogen-bond acceptors (Lipinski definition) is 3. The maximum atomic E-state index is 10.9. The molecule has 0 aliphatic heterocycles. The zero-order valence-electron chi connectivity index (χ0n) is 10.5. The Morgan fingerprint density at radius 3 is 2.88 bits per heavy atom. The van der Waals surface area contributed by atoms with Crippen LogP contribution in [0.1, 0.15) is 44.8 Å². The van der Waals surface area contributed by atoms with Crippen molar-refractivity contribution in [2.24, 2.45) is 0 Å². The van der Waals surface area contributed by atoms with Crippen molar-refractivity contribution in [3.63, 3.8) is 0 Å². The molecular weight excluding hydrogens is 218 g/mol. The average molecular weight is 239 g/mol. The minimum atomic E-state index is -0.789. The third-order valence-electron chi connectivity index (χ3n) is 2.59. The highest BCUT2D eigenvalue weighted by Crippen LogP contribution is 2.17. The van der Waals surface area contributed by atoms with E-state index in [9.17, 15) is 4.79 Å². The Morgan fingerprint density at radius 1 is 1.53 bits per heavy atom. The Bertz CT molecular complexity index is 349. The Hall–Kier alpha value is -1.36. The summed E-state index contributed by atoms with van der Waals surface area (Å²) in [5, 5.41) is 12.2. The van der Waals surface area contributed by atoms with Crippen LogP contribution in [0.5, 0.6) is 0 Å². The second-order valence-corrected chi connectivity index (χ2v) is 4.12. The van der Waals surface area contributed by atoms with Crippen molar-refractivity contribution in [1.82, 2.24) is 14.9 Å². The molecule has 1 heterocycles. The van der Waals surface area contributed by atoms with Crippen molar-refractivity contribution in [3.05, 3.63) is 18.2 Å². The predicted molar refractivity (Wildman–Crippen MR) is 65.8 cm³/mol. The topological polar surface area (TPSA) is 67.2 Å². The lowest BCUT2D eigenvalue weighted by molar-refractivity contribution is -0.137. The van der Waals surface area contributed by atoms with E-state index in [1.165, 1.54) is 0 Å². The maximum Gasteiger partial charge on any atom is 0.305 e. The summed E-state index contributed by atoms with van der Waals surface area (Å²) in [6.45, 7) is 5.85. The average Bonchev–Trinajstić information content (AvgIpc) is 2.72. The molecule has 0 bridgehead atoms. The number of nitrogens with one attached hydrogen (secondary N) is 1. The van der Waals surface area contributed by atoms with Gasteiger partial charge in [-0.1, -0.05) is 13.8 Å². The zero-order valence-corrected chi connectivity index (χ0v) is 10.5. The quantitative estimate of drug-likeness (QED) is 0.726. The van der Waals surface area contributed by atoms with Crippen molar-refractivity contribution in [3.8, 4) is 0 Å². The highest BCUT2D eigenvalue weighted by Gasteiger charge is 2.18. The van der Waals surface area contributed by atoms with Gasteiger partial charge in [0, 0.05) is 12.7 Å². The molecule has 1 aromatic rings. The van der Waals surface area contributed by atoms with Gasteiger partial charge in [-0.05, 0) is 19.4 Å². The first-order valence-electron chi connectivity index (χ1n) is 6.14. The number of carboxylic acids is 1. The van der Waals surface area contributed by atoms with Crippen molar-refractivity contribution in [2.75, 3.05) is 6.54 Å². The molecule has 0 saturated heterocycles. The summed E-state index contributed by atoms with van der Waals surface area (Å²) in [7, 11) is 0. The lowest BCUT2D eigenvalue weighted by Crippen LogP contribution is -2.26. The summed E-state index contributed by atoms with van der Waals surface area (Å²) in [5.74, 6) is -0.789. The maximum absolute atomic E-state index is 10.9. The van der Waals surface area contributed by atoms with Gasteiger partial charge in [-0.25, -0.2) is 4.98 Å². The lowest BCUT2D eigenvalue weighted by Gasteiger charge is -2.18. The Labute approximate surface area is 102 Å². The van der Waals surface area contributed by atoms with Crippen molar-refractivity contribution in [1.29, 1.82) is 0 Å². The number of aryl methyl sites for hydroxylation is 1. The van der Waals surface area contributed by atoms with Crippen molar-refractivity contribution in [2.45, 2.75) is 45.7 Å². The summed E-state index contributed by atoms with van der Waals surface area (Å²) >= 11 is 0. The predicted octanol–water partition coefficient (Wildman–Crippen LogP) is 1.81. The van der Waals surface area contributed by atoms with E-state index in [1.807, 2.05) is 4.57 Å². The van der Waals surface area contributed by atoms with Crippen LogP contribution in [0.2, 0.25) is 0 Å². The van der Waals surface area contributed by atoms with E-state index in [0.29, 0.717) is 0 Å². The molecule has 96 valence electrons. The first-order valence-corrected chi connectivity index (χ1v) is 6.14. The summed E-state index contributed by atoms with van der Waals surface area (Å²) in [6, 6.07) is -0.151. The SMILES string of the molecule is CCCNC(CC(=O)O)c1cncn1CCC. The lowest BCUT2D eigenvalue weighted by atomic mass is 10.1. The van der Waals surface area contributed by atoms with Gasteiger partial charge in [0.1, 0.15) is 0 Å². The van der Waals surface area contributed by atoms with Gasteiger partial charge in [0.25, 0.3) is 0 Å². The number of carbonyl (C=O) groups is 1. The van der Waals surface area contributed by atoms with E-state index < -0.39 is 5.97 Å². The van der Waals surface area contributed by atoms with Crippen LogP contribution in [0.15, 0.2) is 12.5 Å². The second kappa shape index (κ2) is 7.06. The number of aromatic nitrogens is 2. The van der Waals surface area contributed by atoms with Crippen LogP contribution >= 0.6 is 0 Å². The number of aliphatic carboxylic acids is 1. The van der Waals surface area contributed by atoms with Crippen LogP contribution in [0.4, 0.5) is 0 Å². The third-order valence-corrected chi connectivity index (χ3v) is 2.59. The first-order chi connectivity index (χ1) is 8.19. The third kappa shape index (κ3) is 4.19. The molecule has 0 aliphatic carbocycles. The number of nitrogens with zero attached hydrogens (tertiary/aromatic N) is 2. The number of imidazole rings is 1.